The summed E-state index contributed by atoms with van der Waals surface area (Å²) in [5, 5.41) is 19.3. The first kappa shape index (κ1) is 12.4. The van der Waals surface area contributed by atoms with Crippen molar-refractivity contribution in [3.05, 3.63) is 23.8 Å². The van der Waals surface area contributed by atoms with E-state index in [2.05, 4.69) is 11.8 Å². The van der Waals surface area contributed by atoms with Crippen LogP contribution < -0.4 is 4.74 Å². The Morgan fingerprint density at radius 3 is 2.81 bits per heavy atom. The third kappa shape index (κ3) is 3.18. The molecule has 0 amide bonds. The lowest BCUT2D eigenvalue weighted by Gasteiger charge is -2.08. The predicted octanol–water partition coefficient (Wildman–Crippen LogP) is 2.24. The summed E-state index contributed by atoms with van der Waals surface area (Å²) in [5.74, 6) is 6.14. The quantitative estimate of drug-likeness (QED) is 0.768. The smallest absolute Gasteiger partial charge is 0.143 e. The van der Waals surface area contributed by atoms with E-state index in [9.17, 15) is 10.2 Å². The molecule has 0 saturated heterocycles. The van der Waals surface area contributed by atoms with Gasteiger partial charge in [0.15, 0.2) is 0 Å². The summed E-state index contributed by atoms with van der Waals surface area (Å²) in [6.45, 7) is 2.02. The van der Waals surface area contributed by atoms with Gasteiger partial charge in [-0.15, -0.1) is 5.92 Å². The van der Waals surface area contributed by atoms with Gasteiger partial charge in [0.1, 0.15) is 17.6 Å². The Labute approximate surface area is 95.7 Å². The van der Waals surface area contributed by atoms with E-state index in [1.165, 1.54) is 13.2 Å². The largest absolute Gasteiger partial charge is 0.508 e. The van der Waals surface area contributed by atoms with E-state index >= 15 is 0 Å². The number of hydrogen-bond acceptors (Lipinski definition) is 3. The zero-order valence-electron chi connectivity index (χ0n) is 9.53. The number of aliphatic hydroxyl groups excluding tert-OH is 1. The molecule has 1 aromatic rings. The Hall–Kier alpha value is -1.66. The van der Waals surface area contributed by atoms with Crippen LogP contribution in [0.4, 0.5) is 0 Å². The number of unbranched alkanes of at least 4 members (excludes halogenated alkanes) is 1. The van der Waals surface area contributed by atoms with E-state index in [0.717, 1.165) is 12.8 Å². The second kappa shape index (κ2) is 6.04. The van der Waals surface area contributed by atoms with Crippen molar-refractivity contribution in [1.82, 2.24) is 0 Å². The van der Waals surface area contributed by atoms with Gasteiger partial charge in [-0.05, 0) is 24.6 Å². The molecule has 0 aliphatic carbocycles. The van der Waals surface area contributed by atoms with E-state index < -0.39 is 6.10 Å². The van der Waals surface area contributed by atoms with Gasteiger partial charge in [-0.3, -0.25) is 0 Å². The summed E-state index contributed by atoms with van der Waals surface area (Å²) in [4.78, 5) is 0. The summed E-state index contributed by atoms with van der Waals surface area (Å²) < 4.78 is 5.02. The predicted molar refractivity (Wildman–Crippen MR) is 62.3 cm³/mol. The van der Waals surface area contributed by atoms with E-state index in [-0.39, 0.29) is 5.75 Å². The van der Waals surface area contributed by atoms with Gasteiger partial charge in [-0.25, -0.2) is 0 Å². The van der Waals surface area contributed by atoms with Crippen LogP contribution in [0.15, 0.2) is 18.2 Å². The maximum atomic E-state index is 9.76. The van der Waals surface area contributed by atoms with Crippen molar-refractivity contribution in [3.63, 3.8) is 0 Å². The van der Waals surface area contributed by atoms with Crippen LogP contribution in [0.1, 0.15) is 31.4 Å². The van der Waals surface area contributed by atoms with Crippen LogP contribution in [0.2, 0.25) is 0 Å². The maximum Gasteiger partial charge on any atom is 0.143 e. The summed E-state index contributed by atoms with van der Waals surface area (Å²) in [6, 6.07) is 4.70. The molecule has 3 nitrogen and oxygen atoms in total. The standard InChI is InChI=1S/C13H16O3/c1-3-4-5-6-12(14)11-9-10(16-2)7-8-13(11)15/h7-9,12,14-15H,3-4H2,1-2H3. The third-order valence-electron chi connectivity index (χ3n) is 2.14. The summed E-state index contributed by atoms with van der Waals surface area (Å²) >= 11 is 0. The average molecular weight is 220 g/mol. The molecule has 0 bridgehead atoms. The molecule has 0 fully saturated rings. The lowest BCUT2D eigenvalue weighted by atomic mass is 10.1. The zero-order valence-corrected chi connectivity index (χ0v) is 9.53. The second-order valence-corrected chi connectivity index (χ2v) is 3.40. The van der Waals surface area contributed by atoms with Gasteiger partial charge in [-0.1, -0.05) is 12.8 Å². The van der Waals surface area contributed by atoms with Crippen molar-refractivity contribution in [1.29, 1.82) is 0 Å². The number of aromatic hydroxyl groups is 1. The number of ether oxygens (including phenoxy) is 1. The molecule has 1 rings (SSSR count). The molecule has 1 unspecified atom stereocenters. The molecule has 86 valence electrons. The van der Waals surface area contributed by atoms with E-state index in [1.807, 2.05) is 6.92 Å². The first-order chi connectivity index (χ1) is 7.69. The fourth-order valence-electron chi connectivity index (χ4n) is 1.25. The molecule has 2 N–H and O–H groups in total. The molecule has 16 heavy (non-hydrogen) atoms. The summed E-state index contributed by atoms with van der Waals surface area (Å²) in [7, 11) is 1.53. The van der Waals surface area contributed by atoms with Gasteiger partial charge in [0, 0.05) is 12.0 Å². The fourth-order valence-corrected chi connectivity index (χ4v) is 1.25. The number of aliphatic hydroxyl groups is 1. The topological polar surface area (TPSA) is 49.7 Å². The number of phenolic OH excluding ortho intramolecular Hbond substituents is 1. The SMILES string of the molecule is CCCC#CC(O)c1cc(OC)ccc1O. The monoisotopic (exact) mass is 220 g/mol. The highest BCUT2D eigenvalue weighted by atomic mass is 16.5. The molecule has 1 atom stereocenters. The van der Waals surface area contributed by atoms with Gasteiger partial charge < -0.3 is 14.9 Å². The molecule has 0 aromatic heterocycles. The number of benzene rings is 1. The molecule has 0 radical (unpaired) electrons. The Morgan fingerprint density at radius 2 is 2.19 bits per heavy atom. The number of phenols is 1. The van der Waals surface area contributed by atoms with E-state index in [1.54, 1.807) is 12.1 Å². The zero-order chi connectivity index (χ0) is 12.0. The number of hydrogen-bond donors (Lipinski definition) is 2. The highest BCUT2D eigenvalue weighted by Gasteiger charge is 2.10. The first-order valence-corrected chi connectivity index (χ1v) is 5.22. The first-order valence-electron chi connectivity index (χ1n) is 5.22. The van der Waals surface area contributed by atoms with Crippen molar-refractivity contribution in [2.45, 2.75) is 25.9 Å². The minimum atomic E-state index is -0.971. The molecule has 0 saturated carbocycles. The van der Waals surface area contributed by atoms with E-state index in [0.29, 0.717) is 11.3 Å². The average Bonchev–Trinajstić information content (AvgIpc) is 2.30. The van der Waals surface area contributed by atoms with Crippen molar-refractivity contribution in [3.8, 4) is 23.3 Å². The fraction of sp³-hybridized carbons (Fsp3) is 0.385. The lowest BCUT2D eigenvalue weighted by Crippen LogP contribution is -1.95. The lowest BCUT2D eigenvalue weighted by molar-refractivity contribution is 0.232. The van der Waals surface area contributed by atoms with Crippen molar-refractivity contribution >= 4 is 0 Å². The van der Waals surface area contributed by atoms with Crippen LogP contribution in [-0.2, 0) is 0 Å². The molecule has 3 heteroatoms. The number of methoxy groups -OCH3 is 1. The van der Waals surface area contributed by atoms with Gasteiger partial charge in [0.25, 0.3) is 0 Å². The molecule has 0 aliphatic rings. The molecule has 0 aliphatic heterocycles. The molecular formula is C13H16O3. The van der Waals surface area contributed by atoms with Crippen molar-refractivity contribution < 1.29 is 14.9 Å². The Morgan fingerprint density at radius 1 is 1.44 bits per heavy atom. The second-order valence-electron chi connectivity index (χ2n) is 3.40. The molecule has 1 aromatic carbocycles. The maximum absolute atomic E-state index is 9.76. The highest BCUT2D eigenvalue weighted by Crippen LogP contribution is 2.27. The minimum absolute atomic E-state index is 0.0269. The van der Waals surface area contributed by atoms with Gasteiger partial charge >= 0.3 is 0 Å². The summed E-state index contributed by atoms with van der Waals surface area (Å²) in [5.41, 5.74) is 0.378. The van der Waals surface area contributed by atoms with Gasteiger partial charge in [0.05, 0.1) is 7.11 Å². The normalized spacial score (nSPS) is 11.4. The Kier molecular flexibility index (Phi) is 4.68. The Bertz CT molecular complexity index is 401. The highest BCUT2D eigenvalue weighted by molar-refractivity contribution is 5.43. The molecule has 0 spiro atoms. The van der Waals surface area contributed by atoms with Crippen LogP contribution >= 0.6 is 0 Å². The third-order valence-corrected chi connectivity index (χ3v) is 2.14. The van der Waals surface area contributed by atoms with Crippen LogP contribution in [0, 0.1) is 11.8 Å². The van der Waals surface area contributed by atoms with Crippen LogP contribution in [0.3, 0.4) is 0 Å². The minimum Gasteiger partial charge on any atom is -0.508 e. The van der Waals surface area contributed by atoms with Crippen LogP contribution in [0.5, 0.6) is 11.5 Å². The van der Waals surface area contributed by atoms with Gasteiger partial charge in [0.2, 0.25) is 0 Å². The molecular weight excluding hydrogens is 204 g/mol. The Balaban J connectivity index is 2.90. The number of rotatable bonds is 3. The summed E-state index contributed by atoms with van der Waals surface area (Å²) in [6.07, 6.45) is 0.715. The van der Waals surface area contributed by atoms with Crippen LogP contribution in [-0.4, -0.2) is 17.3 Å². The van der Waals surface area contributed by atoms with Crippen molar-refractivity contribution in [2.75, 3.05) is 7.11 Å². The van der Waals surface area contributed by atoms with Crippen LogP contribution in [0.25, 0.3) is 0 Å². The van der Waals surface area contributed by atoms with E-state index in [4.69, 9.17) is 4.74 Å². The molecule has 0 heterocycles. The van der Waals surface area contributed by atoms with Crippen molar-refractivity contribution in [2.24, 2.45) is 0 Å². The van der Waals surface area contributed by atoms with Gasteiger partial charge in [-0.2, -0.15) is 0 Å².